The Bertz CT molecular complexity index is 601. The number of H-pyrrole nitrogens is 1. The average Bonchev–Trinajstić information content (AvgIpc) is 2.71. The molecule has 2 aromatic heterocycles. The van der Waals surface area contributed by atoms with Gasteiger partial charge < -0.3 is 15.4 Å². The van der Waals surface area contributed by atoms with Crippen LogP contribution in [0.3, 0.4) is 0 Å². The van der Waals surface area contributed by atoms with E-state index in [4.69, 9.17) is 10.5 Å². The lowest BCUT2D eigenvalue weighted by molar-refractivity contribution is 0.122. The molecule has 8 heteroatoms. The highest BCUT2D eigenvalue weighted by Crippen LogP contribution is 2.20. The zero-order chi connectivity index (χ0) is 11.8. The Labute approximate surface area is 100 Å². The van der Waals surface area contributed by atoms with Crippen LogP contribution in [-0.4, -0.2) is 41.3 Å². The van der Waals surface area contributed by atoms with Gasteiger partial charge in [-0.1, -0.05) is 11.3 Å². The topological polar surface area (TPSA) is 97.1 Å². The maximum absolute atomic E-state index is 11.8. The molecule has 17 heavy (non-hydrogen) atoms. The fourth-order valence-corrected chi connectivity index (χ4v) is 2.43. The van der Waals surface area contributed by atoms with Crippen LogP contribution in [0.4, 0.5) is 11.1 Å². The van der Waals surface area contributed by atoms with E-state index in [1.54, 1.807) is 0 Å². The number of aromatic nitrogens is 3. The second kappa shape index (κ2) is 3.97. The van der Waals surface area contributed by atoms with Crippen molar-refractivity contribution in [1.82, 2.24) is 15.0 Å². The van der Waals surface area contributed by atoms with Crippen LogP contribution in [0, 0.1) is 0 Å². The third-order valence-electron chi connectivity index (χ3n) is 2.58. The van der Waals surface area contributed by atoms with Gasteiger partial charge in [-0.25, -0.2) is 0 Å². The third-order valence-corrected chi connectivity index (χ3v) is 3.45. The predicted octanol–water partition coefficient (Wildman–Crippen LogP) is -0.202. The molecule has 0 amide bonds. The van der Waals surface area contributed by atoms with Gasteiger partial charge in [0, 0.05) is 13.1 Å². The van der Waals surface area contributed by atoms with Crippen molar-refractivity contribution in [2.75, 3.05) is 36.9 Å². The lowest BCUT2D eigenvalue weighted by Crippen LogP contribution is -2.38. The molecule has 3 N–H and O–H groups in total. The van der Waals surface area contributed by atoms with Crippen LogP contribution < -0.4 is 16.2 Å². The summed E-state index contributed by atoms with van der Waals surface area (Å²) in [7, 11) is 0. The van der Waals surface area contributed by atoms with E-state index < -0.39 is 0 Å². The Morgan fingerprint density at radius 1 is 1.35 bits per heavy atom. The van der Waals surface area contributed by atoms with Gasteiger partial charge in [0.2, 0.25) is 5.95 Å². The molecule has 0 saturated carbocycles. The summed E-state index contributed by atoms with van der Waals surface area (Å²) in [5, 5.41) is 0.358. The summed E-state index contributed by atoms with van der Waals surface area (Å²) in [5.41, 5.74) is 5.79. The number of nitrogens with zero attached hydrogens (tertiary/aromatic N) is 3. The van der Waals surface area contributed by atoms with Gasteiger partial charge in [-0.2, -0.15) is 9.97 Å². The second-order valence-corrected chi connectivity index (χ2v) is 4.72. The van der Waals surface area contributed by atoms with Gasteiger partial charge in [0.15, 0.2) is 10.8 Å². The van der Waals surface area contributed by atoms with Gasteiger partial charge in [0.05, 0.1) is 13.2 Å². The number of nitrogen functional groups attached to an aromatic ring is 1. The average molecular weight is 253 g/mol. The summed E-state index contributed by atoms with van der Waals surface area (Å²) < 4.78 is 5.72. The van der Waals surface area contributed by atoms with E-state index in [1.165, 1.54) is 0 Å². The van der Waals surface area contributed by atoms with Crippen LogP contribution in [-0.2, 0) is 4.74 Å². The van der Waals surface area contributed by atoms with Crippen LogP contribution in [0.15, 0.2) is 4.79 Å². The molecule has 0 aliphatic carbocycles. The number of rotatable bonds is 1. The summed E-state index contributed by atoms with van der Waals surface area (Å²) in [5.74, 6) is 0.538. The van der Waals surface area contributed by atoms with Crippen molar-refractivity contribution in [3.8, 4) is 0 Å². The van der Waals surface area contributed by atoms with Crippen molar-refractivity contribution in [2.45, 2.75) is 0 Å². The Kier molecular flexibility index (Phi) is 2.45. The molecule has 7 nitrogen and oxygen atoms in total. The predicted molar refractivity (Wildman–Crippen MR) is 65.5 cm³/mol. The molecule has 2 aromatic rings. The van der Waals surface area contributed by atoms with Crippen molar-refractivity contribution >= 4 is 32.8 Å². The first kappa shape index (κ1) is 10.5. The molecule has 0 unspecified atom stereocenters. The molecular weight excluding hydrogens is 242 g/mol. The highest BCUT2D eigenvalue weighted by molar-refractivity contribution is 7.21. The molecule has 90 valence electrons. The molecule has 0 atom stereocenters. The number of anilines is 2. The molecule has 0 bridgehead atoms. The van der Waals surface area contributed by atoms with E-state index >= 15 is 0 Å². The number of morpholine rings is 1. The first-order valence-electron chi connectivity index (χ1n) is 5.23. The van der Waals surface area contributed by atoms with Gasteiger partial charge in [0.1, 0.15) is 4.70 Å². The standard InChI is InChI=1S/C9H11N5O2S/c10-8-11-6-5(17-8)7(15)13-9(12-6)14-1-3-16-4-2-14/h1-4H2,(H3,10,11,12,13,15). The van der Waals surface area contributed by atoms with Gasteiger partial charge in [-0.3, -0.25) is 9.78 Å². The number of thiazole rings is 1. The molecular formula is C9H11N5O2S. The molecule has 0 radical (unpaired) electrons. The zero-order valence-corrected chi connectivity index (χ0v) is 9.79. The largest absolute Gasteiger partial charge is 0.378 e. The number of nitrogens with one attached hydrogen (secondary N) is 1. The fraction of sp³-hybridized carbons (Fsp3) is 0.444. The lowest BCUT2D eigenvalue weighted by Gasteiger charge is -2.26. The number of fused-ring (bicyclic) bond motifs is 1. The first-order chi connectivity index (χ1) is 8.24. The lowest BCUT2D eigenvalue weighted by atomic mass is 10.4. The molecule has 3 heterocycles. The highest BCUT2D eigenvalue weighted by atomic mass is 32.1. The molecule has 0 aromatic carbocycles. The first-order valence-corrected chi connectivity index (χ1v) is 6.05. The summed E-state index contributed by atoms with van der Waals surface area (Å²) in [6.07, 6.45) is 0. The summed E-state index contributed by atoms with van der Waals surface area (Å²) in [4.78, 5) is 24.9. The van der Waals surface area contributed by atoms with Crippen LogP contribution in [0.25, 0.3) is 10.3 Å². The second-order valence-electron chi connectivity index (χ2n) is 3.69. The number of hydrogen-bond acceptors (Lipinski definition) is 7. The Balaban J connectivity index is 2.08. The smallest absolute Gasteiger partial charge is 0.272 e. The maximum atomic E-state index is 11.8. The number of aromatic amines is 1. The van der Waals surface area contributed by atoms with E-state index in [1.807, 2.05) is 4.90 Å². The normalized spacial score (nSPS) is 16.6. The van der Waals surface area contributed by atoms with Crippen LogP contribution >= 0.6 is 11.3 Å². The summed E-state index contributed by atoms with van der Waals surface area (Å²) in [6, 6.07) is 0. The molecule has 1 saturated heterocycles. The van der Waals surface area contributed by atoms with Crippen molar-refractivity contribution in [1.29, 1.82) is 0 Å². The highest BCUT2D eigenvalue weighted by Gasteiger charge is 2.16. The minimum absolute atomic E-state index is 0.189. The fourth-order valence-electron chi connectivity index (χ4n) is 1.76. The van der Waals surface area contributed by atoms with E-state index in [0.717, 1.165) is 11.3 Å². The van der Waals surface area contributed by atoms with Gasteiger partial charge >= 0.3 is 0 Å². The van der Waals surface area contributed by atoms with E-state index in [9.17, 15) is 4.79 Å². The Morgan fingerprint density at radius 3 is 2.88 bits per heavy atom. The summed E-state index contributed by atoms with van der Waals surface area (Å²) >= 11 is 1.15. The van der Waals surface area contributed by atoms with Crippen molar-refractivity contribution in [3.05, 3.63) is 10.4 Å². The minimum atomic E-state index is -0.189. The summed E-state index contributed by atoms with van der Waals surface area (Å²) in [6.45, 7) is 2.71. The van der Waals surface area contributed by atoms with Crippen LogP contribution in [0.5, 0.6) is 0 Å². The molecule has 3 rings (SSSR count). The van der Waals surface area contributed by atoms with Crippen molar-refractivity contribution in [2.24, 2.45) is 0 Å². The van der Waals surface area contributed by atoms with Crippen molar-refractivity contribution < 1.29 is 4.74 Å². The van der Waals surface area contributed by atoms with Crippen LogP contribution in [0.2, 0.25) is 0 Å². The van der Waals surface area contributed by atoms with E-state index in [0.29, 0.717) is 47.7 Å². The SMILES string of the molecule is Nc1nc2nc(N3CCOCC3)[nH]c(=O)c2s1. The van der Waals surface area contributed by atoms with Crippen LogP contribution in [0.1, 0.15) is 0 Å². The minimum Gasteiger partial charge on any atom is -0.378 e. The molecule has 1 aliphatic rings. The number of ether oxygens (including phenoxy) is 1. The molecule has 1 fully saturated rings. The Hall–Kier alpha value is -1.67. The van der Waals surface area contributed by atoms with E-state index in [-0.39, 0.29) is 5.56 Å². The Morgan fingerprint density at radius 2 is 2.12 bits per heavy atom. The third kappa shape index (κ3) is 1.85. The van der Waals surface area contributed by atoms with Gasteiger partial charge in [0.25, 0.3) is 5.56 Å². The number of nitrogens with two attached hydrogens (primary N) is 1. The maximum Gasteiger partial charge on any atom is 0.272 e. The quantitative estimate of drug-likeness (QED) is 0.730. The monoisotopic (exact) mass is 253 g/mol. The molecule has 1 aliphatic heterocycles. The number of hydrogen-bond donors (Lipinski definition) is 2. The van der Waals surface area contributed by atoms with E-state index in [2.05, 4.69) is 15.0 Å². The van der Waals surface area contributed by atoms with Gasteiger partial charge in [-0.05, 0) is 0 Å². The van der Waals surface area contributed by atoms with Gasteiger partial charge in [-0.15, -0.1) is 0 Å². The molecule has 0 spiro atoms. The van der Waals surface area contributed by atoms with Crippen molar-refractivity contribution in [3.63, 3.8) is 0 Å². The zero-order valence-electron chi connectivity index (χ0n) is 8.97.